The number of aryl methyl sites for hydroxylation is 2. The summed E-state index contributed by atoms with van der Waals surface area (Å²) in [6.07, 6.45) is 1.02. The molecule has 0 bridgehead atoms. The topological polar surface area (TPSA) is 41.5 Å². The lowest BCUT2D eigenvalue weighted by Gasteiger charge is -2.09. The number of hydrogen-bond acceptors (Lipinski definition) is 2. The van der Waals surface area contributed by atoms with Gasteiger partial charge in [-0.3, -0.25) is 4.79 Å². The first-order chi connectivity index (χ1) is 8.45. The molecule has 3 heteroatoms. The van der Waals surface area contributed by atoms with Crippen molar-refractivity contribution in [1.29, 1.82) is 0 Å². The van der Waals surface area contributed by atoms with Crippen LogP contribution in [0.1, 0.15) is 48.7 Å². The minimum absolute atomic E-state index is 0.143. The van der Waals surface area contributed by atoms with Gasteiger partial charge in [0.1, 0.15) is 0 Å². The first-order valence-corrected chi connectivity index (χ1v) is 6.37. The van der Waals surface area contributed by atoms with E-state index in [1.807, 2.05) is 39.0 Å². The molecule has 0 fully saturated rings. The summed E-state index contributed by atoms with van der Waals surface area (Å²) in [6, 6.07) is 5.78. The smallest absolute Gasteiger partial charge is 0.267 e. The van der Waals surface area contributed by atoms with E-state index in [9.17, 15) is 4.79 Å². The molecule has 0 radical (unpaired) electrons. The minimum Gasteiger partial charge on any atom is -0.267 e. The Labute approximate surface area is 109 Å². The van der Waals surface area contributed by atoms with Crippen LogP contribution in [0.25, 0.3) is 0 Å². The van der Waals surface area contributed by atoms with Crippen molar-refractivity contribution in [2.45, 2.75) is 41.0 Å². The number of carbonyl (C=O) groups is 1. The standard InChI is InChI=1S/C15H22N2O/c1-6-11(3)13(5)16-17-15(18)14-8-7-10(2)9-12(14)4/h7-9,11H,6H2,1-5H3,(H,17,18)/b16-13-/t11-/m1/s1. The number of benzene rings is 1. The fourth-order valence-electron chi connectivity index (χ4n) is 1.67. The van der Waals surface area contributed by atoms with E-state index in [4.69, 9.17) is 0 Å². The van der Waals surface area contributed by atoms with Gasteiger partial charge in [-0.05, 0) is 44.7 Å². The van der Waals surface area contributed by atoms with E-state index < -0.39 is 0 Å². The van der Waals surface area contributed by atoms with E-state index in [-0.39, 0.29) is 5.91 Å². The molecule has 0 aliphatic rings. The van der Waals surface area contributed by atoms with Crippen LogP contribution in [0.4, 0.5) is 0 Å². The number of nitrogens with zero attached hydrogens (tertiary/aromatic N) is 1. The molecule has 1 amide bonds. The van der Waals surface area contributed by atoms with Crippen LogP contribution < -0.4 is 5.43 Å². The zero-order chi connectivity index (χ0) is 13.7. The third-order valence-electron chi connectivity index (χ3n) is 3.29. The Balaban J connectivity index is 2.77. The number of carbonyl (C=O) groups excluding carboxylic acids is 1. The first-order valence-electron chi connectivity index (χ1n) is 6.37. The Morgan fingerprint density at radius 1 is 1.39 bits per heavy atom. The summed E-state index contributed by atoms with van der Waals surface area (Å²) in [4.78, 5) is 12.0. The third kappa shape index (κ3) is 3.69. The molecule has 0 aliphatic heterocycles. The Morgan fingerprint density at radius 2 is 2.06 bits per heavy atom. The zero-order valence-corrected chi connectivity index (χ0v) is 11.9. The van der Waals surface area contributed by atoms with Crippen LogP contribution in [0.2, 0.25) is 0 Å². The second-order valence-electron chi connectivity index (χ2n) is 4.82. The van der Waals surface area contributed by atoms with Crippen molar-refractivity contribution in [3.05, 3.63) is 34.9 Å². The lowest BCUT2D eigenvalue weighted by atomic mass is 10.0. The molecule has 0 heterocycles. The average molecular weight is 246 g/mol. The highest BCUT2D eigenvalue weighted by Gasteiger charge is 2.09. The molecule has 1 aromatic rings. The largest absolute Gasteiger partial charge is 0.271 e. The van der Waals surface area contributed by atoms with E-state index in [0.29, 0.717) is 11.5 Å². The molecule has 1 N–H and O–H groups in total. The van der Waals surface area contributed by atoms with Crippen molar-refractivity contribution >= 4 is 11.6 Å². The van der Waals surface area contributed by atoms with Gasteiger partial charge in [-0.2, -0.15) is 5.10 Å². The summed E-state index contributed by atoms with van der Waals surface area (Å²) in [7, 11) is 0. The molecule has 1 atom stereocenters. The van der Waals surface area contributed by atoms with E-state index in [1.54, 1.807) is 0 Å². The maximum Gasteiger partial charge on any atom is 0.271 e. The van der Waals surface area contributed by atoms with Crippen LogP contribution in [-0.2, 0) is 0 Å². The van der Waals surface area contributed by atoms with Gasteiger partial charge in [-0.1, -0.05) is 31.5 Å². The average Bonchev–Trinajstić information content (AvgIpc) is 2.34. The highest BCUT2D eigenvalue weighted by molar-refractivity contribution is 5.96. The molecule has 0 unspecified atom stereocenters. The second-order valence-corrected chi connectivity index (χ2v) is 4.82. The van der Waals surface area contributed by atoms with Crippen molar-refractivity contribution in [3.63, 3.8) is 0 Å². The fourth-order valence-corrected chi connectivity index (χ4v) is 1.67. The Bertz CT molecular complexity index is 464. The number of rotatable bonds is 4. The summed E-state index contributed by atoms with van der Waals surface area (Å²) in [5.41, 5.74) is 6.39. The Morgan fingerprint density at radius 3 is 2.61 bits per heavy atom. The summed E-state index contributed by atoms with van der Waals surface area (Å²) in [5.74, 6) is 0.250. The normalized spacial score (nSPS) is 13.3. The molecular weight excluding hydrogens is 224 g/mol. The highest BCUT2D eigenvalue weighted by Crippen LogP contribution is 2.10. The van der Waals surface area contributed by atoms with Crippen LogP contribution in [0, 0.1) is 19.8 Å². The molecule has 0 saturated heterocycles. The van der Waals surface area contributed by atoms with Gasteiger partial charge in [0.25, 0.3) is 5.91 Å². The lowest BCUT2D eigenvalue weighted by molar-refractivity contribution is 0.0954. The minimum atomic E-state index is -0.143. The van der Waals surface area contributed by atoms with Crippen molar-refractivity contribution in [3.8, 4) is 0 Å². The lowest BCUT2D eigenvalue weighted by Crippen LogP contribution is -2.21. The molecule has 1 aromatic carbocycles. The third-order valence-corrected chi connectivity index (χ3v) is 3.29. The molecule has 3 nitrogen and oxygen atoms in total. The van der Waals surface area contributed by atoms with Crippen LogP contribution in [0.3, 0.4) is 0 Å². The molecule has 0 aromatic heterocycles. The van der Waals surface area contributed by atoms with Crippen LogP contribution in [0.15, 0.2) is 23.3 Å². The van der Waals surface area contributed by atoms with Crippen LogP contribution in [-0.4, -0.2) is 11.6 Å². The van der Waals surface area contributed by atoms with Gasteiger partial charge in [-0.25, -0.2) is 5.43 Å². The molecule has 98 valence electrons. The van der Waals surface area contributed by atoms with E-state index in [0.717, 1.165) is 23.3 Å². The zero-order valence-electron chi connectivity index (χ0n) is 11.9. The Hall–Kier alpha value is -1.64. The van der Waals surface area contributed by atoms with Gasteiger partial charge in [0.2, 0.25) is 0 Å². The fraction of sp³-hybridized carbons (Fsp3) is 0.467. The van der Waals surface area contributed by atoms with Crippen molar-refractivity contribution in [1.82, 2.24) is 5.43 Å². The van der Waals surface area contributed by atoms with Crippen LogP contribution >= 0.6 is 0 Å². The van der Waals surface area contributed by atoms with Gasteiger partial charge in [0.15, 0.2) is 0 Å². The molecule has 0 spiro atoms. The molecule has 0 saturated carbocycles. The predicted octanol–water partition coefficient (Wildman–Crippen LogP) is 3.46. The number of nitrogens with one attached hydrogen (secondary N) is 1. The van der Waals surface area contributed by atoms with Gasteiger partial charge in [-0.15, -0.1) is 0 Å². The number of amides is 1. The molecule has 0 aliphatic carbocycles. The molecular formula is C15H22N2O. The van der Waals surface area contributed by atoms with E-state index in [2.05, 4.69) is 24.4 Å². The van der Waals surface area contributed by atoms with Crippen molar-refractivity contribution < 1.29 is 4.79 Å². The van der Waals surface area contributed by atoms with E-state index in [1.165, 1.54) is 0 Å². The van der Waals surface area contributed by atoms with Gasteiger partial charge < -0.3 is 0 Å². The van der Waals surface area contributed by atoms with Crippen LogP contribution in [0.5, 0.6) is 0 Å². The van der Waals surface area contributed by atoms with E-state index >= 15 is 0 Å². The van der Waals surface area contributed by atoms with Crippen molar-refractivity contribution in [2.24, 2.45) is 11.0 Å². The summed E-state index contributed by atoms with van der Waals surface area (Å²) >= 11 is 0. The molecule has 18 heavy (non-hydrogen) atoms. The molecule has 1 rings (SSSR count). The predicted molar refractivity (Wildman–Crippen MR) is 75.9 cm³/mol. The maximum atomic E-state index is 12.0. The summed E-state index contributed by atoms with van der Waals surface area (Å²) in [5, 5.41) is 4.15. The van der Waals surface area contributed by atoms with Gasteiger partial charge in [0.05, 0.1) is 0 Å². The summed E-state index contributed by atoms with van der Waals surface area (Å²) < 4.78 is 0. The second kappa shape index (κ2) is 6.34. The highest BCUT2D eigenvalue weighted by atomic mass is 16.2. The number of hydrazone groups is 1. The first kappa shape index (κ1) is 14.4. The monoisotopic (exact) mass is 246 g/mol. The van der Waals surface area contributed by atoms with Crippen molar-refractivity contribution in [2.75, 3.05) is 0 Å². The maximum absolute atomic E-state index is 12.0. The quantitative estimate of drug-likeness (QED) is 0.641. The summed E-state index contributed by atoms with van der Waals surface area (Å²) in [6.45, 7) is 10.1. The number of hydrogen-bond donors (Lipinski definition) is 1. The SMILES string of the molecule is CC[C@@H](C)/C(C)=N\NC(=O)c1ccc(C)cc1C. The Kier molecular flexibility index (Phi) is 5.08. The van der Waals surface area contributed by atoms with Gasteiger partial charge in [0, 0.05) is 11.3 Å². The van der Waals surface area contributed by atoms with Gasteiger partial charge >= 0.3 is 0 Å².